The van der Waals surface area contributed by atoms with E-state index >= 15 is 0 Å². The summed E-state index contributed by atoms with van der Waals surface area (Å²) in [6.07, 6.45) is 0. The van der Waals surface area contributed by atoms with E-state index in [0.717, 1.165) is 11.1 Å². The fourth-order valence-electron chi connectivity index (χ4n) is 2.57. The van der Waals surface area contributed by atoms with Crippen LogP contribution in [-0.4, -0.2) is 35.6 Å². The Morgan fingerprint density at radius 3 is 2.43 bits per heavy atom. The number of benzene rings is 2. The molecule has 28 heavy (non-hydrogen) atoms. The fourth-order valence-corrected chi connectivity index (χ4v) is 4.09. The predicted octanol–water partition coefficient (Wildman–Crippen LogP) is 5.04. The SMILES string of the molecule is CNC(=O)[C@H](C)N(Cc1ccc(Cl)c(Cl)c1)C(=O)CSCc1ccccc1Cl. The molecule has 0 aliphatic heterocycles. The molecule has 0 fully saturated rings. The van der Waals surface area contributed by atoms with Gasteiger partial charge in [0.15, 0.2) is 0 Å². The van der Waals surface area contributed by atoms with Crippen LogP contribution in [0.4, 0.5) is 0 Å². The quantitative estimate of drug-likeness (QED) is 0.601. The first-order valence-electron chi connectivity index (χ1n) is 8.59. The number of nitrogens with one attached hydrogen (secondary N) is 1. The Labute approximate surface area is 184 Å². The molecule has 0 aliphatic rings. The zero-order valence-electron chi connectivity index (χ0n) is 15.5. The molecule has 4 nitrogen and oxygen atoms in total. The molecule has 0 aliphatic carbocycles. The van der Waals surface area contributed by atoms with E-state index in [1.807, 2.05) is 24.3 Å². The number of halogens is 3. The second-order valence-corrected chi connectivity index (χ2v) is 8.35. The largest absolute Gasteiger partial charge is 0.357 e. The summed E-state index contributed by atoms with van der Waals surface area (Å²) in [7, 11) is 1.55. The molecule has 2 amide bonds. The summed E-state index contributed by atoms with van der Waals surface area (Å²) < 4.78 is 0. The van der Waals surface area contributed by atoms with Gasteiger partial charge in [-0.3, -0.25) is 9.59 Å². The van der Waals surface area contributed by atoms with E-state index in [1.165, 1.54) is 16.7 Å². The molecule has 8 heteroatoms. The maximum atomic E-state index is 12.9. The smallest absolute Gasteiger partial charge is 0.242 e. The van der Waals surface area contributed by atoms with Crippen LogP contribution in [0.1, 0.15) is 18.1 Å². The minimum Gasteiger partial charge on any atom is -0.357 e. The van der Waals surface area contributed by atoms with Crippen molar-refractivity contribution in [2.75, 3.05) is 12.8 Å². The minimum atomic E-state index is -0.618. The van der Waals surface area contributed by atoms with Gasteiger partial charge in [-0.2, -0.15) is 0 Å². The van der Waals surface area contributed by atoms with Gasteiger partial charge in [0.1, 0.15) is 6.04 Å². The number of hydrogen-bond donors (Lipinski definition) is 1. The van der Waals surface area contributed by atoms with Crippen molar-refractivity contribution in [3.8, 4) is 0 Å². The van der Waals surface area contributed by atoms with Crippen molar-refractivity contribution in [1.29, 1.82) is 0 Å². The van der Waals surface area contributed by atoms with E-state index in [9.17, 15) is 9.59 Å². The molecule has 2 aromatic rings. The Hall–Kier alpha value is -1.40. The van der Waals surface area contributed by atoms with Gasteiger partial charge in [0.05, 0.1) is 15.8 Å². The summed E-state index contributed by atoms with van der Waals surface area (Å²) in [6.45, 7) is 1.96. The van der Waals surface area contributed by atoms with E-state index < -0.39 is 6.04 Å². The zero-order valence-corrected chi connectivity index (χ0v) is 18.6. The fraction of sp³-hybridized carbons (Fsp3) is 0.300. The molecule has 1 atom stereocenters. The van der Waals surface area contributed by atoms with Gasteiger partial charge in [0.2, 0.25) is 11.8 Å². The summed E-state index contributed by atoms with van der Waals surface area (Å²) in [6, 6.07) is 12.1. The molecule has 0 unspecified atom stereocenters. The van der Waals surface area contributed by atoms with Crippen molar-refractivity contribution >= 4 is 58.4 Å². The summed E-state index contributed by atoms with van der Waals surface area (Å²) in [5.74, 6) is 0.470. The molecule has 1 N–H and O–H groups in total. The Morgan fingerprint density at radius 1 is 1.07 bits per heavy atom. The number of hydrogen-bond acceptors (Lipinski definition) is 3. The van der Waals surface area contributed by atoms with Crippen molar-refractivity contribution in [1.82, 2.24) is 10.2 Å². The van der Waals surface area contributed by atoms with Gasteiger partial charge >= 0.3 is 0 Å². The number of amides is 2. The molecular weight excluding hydrogens is 439 g/mol. The van der Waals surface area contributed by atoms with Crippen molar-refractivity contribution in [2.45, 2.75) is 25.3 Å². The van der Waals surface area contributed by atoms with Crippen LogP contribution < -0.4 is 5.32 Å². The molecule has 0 aromatic heterocycles. The molecule has 2 rings (SSSR count). The van der Waals surface area contributed by atoms with Crippen molar-refractivity contribution in [2.24, 2.45) is 0 Å². The van der Waals surface area contributed by atoms with Crippen LogP contribution in [0.5, 0.6) is 0 Å². The second-order valence-electron chi connectivity index (χ2n) is 6.14. The van der Waals surface area contributed by atoms with E-state index in [0.29, 0.717) is 20.8 Å². The number of carbonyl (C=O) groups is 2. The molecule has 0 heterocycles. The van der Waals surface area contributed by atoms with Crippen molar-refractivity contribution in [3.05, 3.63) is 68.7 Å². The minimum absolute atomic E-state index is 0.140. The monoisotopic (exact) mass is 458 g/mol. The van der Waals surface area contributed by atoms with Crippen LogP contribution in [0.15, 0.2) is 42.5 Å². The number of rotatable bonds is 8. The zero-order chi connectivity index (χ0) is 20.7. The van der Waals surface area contributed by atoms with Crippen molar-refractivity contribution in [3.63, 3.8) is 0 Å². The van der Waals surface area contributed by atoms with Gasteiger partial charge in [0, 0.05) is 24.4 Å². The topological polar surface area (TPSA) is 49.4 Å². The lowest BCUT2D eigenvalue weighted by molar-refractivity contribution is -0.138. The highest BCUT2D eigenvalue weighted by Gasteiger charge is 2.25. The lowest BCUT2D eigenvalue weighted by atomic mass is 10.1. The highest BCUT2D eigenvalue weighted by Crippen LogP contribution is 2.25. The molecule has 0 bridgehead atoms. The number of nitrogens with zero attached hydrogens (tertiary/aromatic N) is 1. The lowest BCUT2D eigenvalue weighted by Gasteiger charge is -2.28. The molecular formula is C20H21Cl3N2O2S. The Balaban J connectivity index is 2.09. The van der Waals surface area contributed by atoms with Crippen LogP contribution in [0.25, 0.3) is 0 Å². The number of carbonyl (C=O) groups excluding carboxylic acids is 2. The first kappa shape index (κ1) is 22.9. The van der Waals surface area contributed by atoms with Crippen molar-refractivity contribution < 1.29 is 9.59 Å². The standard InChI is InChI=1S/C20H21Cl3N2O2S/c1-13(20(27)24-2)25(10-14-7-8-17(22)18(23)9-14)19(26)12-28-11-15-5-3-4-6-16(15)21/h3-9,13H,10-12H2,1-2H3,(H,24,27)/t13-/m0/s1. The van der Waals surface area contributed by atoms with Gasteiger partial charge in [-0.1, -0.05) is 59.1 Å². The summed E-state index contributed by atoms with van der Waals surface area (Å²) >= 11 is 19.7. The number of thioether (sulfide) groups is 1. The third-order valence-electron chi connectivity index (χ3n) is 4.19. The molecule has 0 saturated heterocycles. The Morgan fingerprint density at radius 2 is 1.79 bits per heavy atom. The Bertz CT molecular complexity index is 848. The van der Waals surface area contributed by atoms with Crippen LogP contribution in [-0.2, 0) is 21.9 Å². The highest BCUT2D eigenvalue weighted by molar-refractivity contribution is 7.99. The second kappa shape index (κ2) is 11.0. The average Bonchev–Trinajstić information content (AvgIpc) is 2.69. The average molecular weight is 460 g/mol. The van der Waals surface area contributed by atoms with Gasteiger partial charge in [-0.15, -0.1) is 11.8 Å². The van der Waals surface area contributed by atoms with E-state index in [2.05, 4.69) is 5.32 Å². The maximum absolute atomic E-state index is 12.9. The third-order valence-corrected chi connectivity index (χ3v) is 6.27. The summed E-state index contributed by atoms with van der Waals surface area (Å²) in [5, 5.41) is 4.12. The van der Waals surface area contributed by atoms with Gasteiger partial charge in [-0.05, 0) is 36.2 Å². The normalized spacial score (nSPS) is 11.8. The molecule has 0 radical (unpaired) electrons. The Kier molecular flexibility index (Phi) is 8.96. The molecule has 0 saturated carbocycles. The van der Waals surface area contributed by atoms with E-state index in [1.54, 1.807) is 32.2 Å². The predicted molar refractivity (Wildman–Crippen MR) is 118 cm³/mol. The van der Waals surface area contributed by atoms with E-state index in [-0.39, 0.29) is 24.1 Å². The first-order chi connectivity index (χ1) is 13.3. The molecule has 0 spiro atoms. The van der Waals surface area contributed by atoms with Gasteiger partial charge < -0.3 is 10.2 Å². The van der Waals surface area contributed by atoms with Crippen LogP contribution in [0.3, 0.4) is 0 Å². The van der Waals surface area contributed by atoms with Crippen LogP contribution >= 0.6 is 46.6 Å². The summed E-state index contributed by atoms with van der Waals surface area (Å²) in [5.41, 5.74) is 1.77. The van der Waals surface area contributed by atoms with Gasteiger partial charge in [-0.25, -0.2) is 0 Å². The number of likely N-dealkylation sites (N-methyl/N-ethyl adjacent to an activating group) is 1. The summed E-state index contributed by atoms with van der Waals surface area (Å²) in [4.78, 5) is 26.5. The van der Waals surface area contributed by atoms with Crippen LogP contribution in [0, 0.1) is 0 Å². The van der Waals surface area contributed by atoms with Gasteiger partial charge in [0.25, 0.3) is 0 Å². The maximum Gasteiger partial charge on any atom is 0.242 e. The third kappa shape index (κ3) is 6.31. The lowest BCUT2D eigenvalue weighted by Crippen LogP contribution is -2.47. The van der Waals surface area contributed by atoms with Crippen LogP contribution in [0.2, 0.25) is 15.1 Å². The first-order valence-corrected chi connectivity index (χ1v) is 10.9. The molecule has 2 aromatic carbocycles. The molecule has 150 valence electrons. The van der Waals surface area contributed by atoms with E-state index in [4.69, 9.17) is 34.8 Å². The highest BCUT2D eigenvalue weighted by atomic mass is 35.5.